The number of hydrogen-bond acceptors (Lipinski definition) is 3. The number of hydrogen-bond donors (Lipinski definition) is 2. The van der Waals surface area contributed by atoms with Gasteiger partial charge in [0.15, 0.2) is 0 Å². The summed E-state index contributed by atoms with van der Waals surface area (Å²) in [5.74, 6) is -0.884. The lowest BCUT2D eigenvalue weighted by atomic mass is 10.1. The molecule has 0 atom stereocenters. The van der Waals surface area contributed by atoms with Gasteiger partial charge in [0, 0.05) is 18.3 Å². The Kier molecular flexibility index (Phi) is 3.38. The first-order chi connectivity index (χ1) is 8.63. The fourth-order valence-electron chi connectivity index (χ4n) is 1.70. The maximum Gasteiger partial charge on any atom is 0.251 e. The molecule has 5 nitrogen and oxygen atoms in total. The van der Waals surface area contributed by atoms with Crippen LogP contribution in [0.2, 0.25) is 0 Å². The number of benzene rings is 1. The highest BCUT2D eigenvalue weighted by Gasteiger charge is 2.11. The largest absolute Gasteiger partial charge is 0.366 e. The van der Waals surface area contributed by atoms with Crippen LogP contribution in [0.1, 0.15) is 15.9 Å². The highest BCUT2D eigenvalue weighted by molar-refractivity contribution is 5.92. The van der Waals surface area contributed by atoms with Crippen molar-refractivity contribution in [2.75, 3.05) is 7.05 Å². The van der Waals surface area contributed by atoms with Crippen LogP contribution in [0.5, 0.6) is 0 Å². The number of rotatable bonds is 4. The molecule has 0 spiro atoms. The Bertz CT molecular complexity index is 579. The smallest absolute Gasteiger partial charge is 0.251 e. The average Bonchev–Trinajstić information content (AvgIpc) is 2.81. The third-order valence-corrected chi connectivity index (χ3v) is 2.56. The van der Waals surface area contributed by atoms with Gasteiger partial charge in [-0.05, 0) is 19.2 Å². The van der Waals surface area contributed by atoms with Gasteiger partial charge in [-0.25, -0.2) is 9.07 Å². The van der Waals surface area contributed by atoms with Crippen molar-refractivity contribution in [1.82, 2.24) is 15.1 Å². The number of primary amides is 1. The number of nitrogens with zero attached hydrogens (tertiary/aromatic N) is 2. The van der Waals surface area contributed by atoms with Crippen LogP contribution < -0.4 is 11.1 Å². The Morgan fingerprint density at radius 3 is 2.94 bits per heavy atom. The Hall–Kier alpha value is -2.21. The second-order valence-electron chi connectivity index (χ2n) is 3.81. The molecular weight excluding hydrogens is 235 g/mol. The summed E-state index contributed by atoms with van der Waals surface area (Å²) in [6.45, 7) is 0.369. The van der Waals surface area contributed by atoms with E-state index in [1.165, 1.54) is 23.1 Å². The van der Waals surface area contributed by atoms with E-state index in [2.05, 4.69) is 10.4 Å². The molecule has 0 aliphatic rings. The van der Waals surface area contributed by atoms with Gasteiger partial charge in [-0.3, -0.25) is 4.79 Å². The second kappa shape index (κ2) is 4.97. The summed E-state index contributed by atoms with van der Waals surface area (Å²) in [6, 6.07) is 4.71. The van der Waals surface area contributed by atoms with Crippen LogP contribution in [0.4, 0.5) is 4.39 Å². The van der Waals surface area contributed by atoms with E-state index >= 15 is 0 Å². The second-order valence-corrected chi connectivity index (χ2v) is 3.81. The number of carbonyl (C=O) groups is 1. The monoisotopic (exact) mass is 248 g/mol. The molecule has 1 aromatic heterocycles. The Labute approximate surface area is 103 Å². The predicted molar refractivity (Wildman–Crippen MR) is 64.8 cm³/mol. The number of halogens is 1. The van der Waals surface area contributed by atoms with Crippen molar-refractivity contribution in [3.63, 3.8) is 0 Å². The molecule has 1 amide bonds. The number of nitrogens with one attached hydrogen (secondary N) is 1. The van der Waals surface area contributed by atoms with Gasteiger partial charge in [-0.1, -0.05) is 6.07 Å². The maximum atomic E-state index is 13.7. The van der Waals surface area contributed by atoms with Gasteiger partial charge >= 0.3 is 0 Å². The van der Waals surface area contributed by atoms with Crippen LogP contribution in [0.25, 0.3) is 5.69 Å². The lowest BCUT2D eigenvalue weighted by Crippen LogP contribution is -2.12. The minimum atomic E-state index is -0.562. The van der Waals surface area contributed by atoms with E-state index in [1.54, 1.807) is 19.2 Å². The van der Waals surface area contributed by atoms with Crippen molar-refractivity contribution in [3.8, 4) is 5.69 Å². The van der Waals surface area contributed by atoms with Crippen LogP contribution in [0.15, 0.2) is 30.6 Å². The maximum absolute atomic E-state index is 13.7. The molecule has 2 rings (SSSR count). The molecule has 1 aromatic carbocycles. The van der Waals surface area contributed by atoms with Gasteiger partial charge in [0.2, 0.25) is 0 Å². The summed E-state index contributed by atoms with van der Waals surface area (Å²) in [6.07, 6.45) is 2.84. The summed E-state index contributed by atoms with van der Waals surface area (Å²) in [5.41, 5.74) is 6.51. The van der Waals surface area contributed by atoms with E-state index in [0.717, 1.165) is 0 Å². The minimum Gasteiger partial charge on any atom is -0.366 e. The Morgan fingerprint density at radius 1 is 1.56 bits per heavy atom. The first-order valence-corrected chi connectivity index (χ1v) is 5.40. The molecule has 0 unspecified atom stereocenters. The van der Waals surface area contributed by atoms with Gasteiger partial charge in [0.1, 0.15) is 5.82 Å². The molecule has 6 heteroatoms. The lowest BCUT2D eigenvalue weighted by molar-refractivity contribution is 0.100. The third-order valence-electron chi connectivity index (χ3n) is 2.56. The predicted octanol–water partition coefficient (Wildman–Crippen LogP) is 0.830. The summed E-state index contributed by atoms with van der Waals surface area (Å²) in [4.78, 5) is 11.0. The van der Waals surface area contributed by atoms with Crippen LogP contribution in [0, 0.1) is 5.82 Å². The van der Waals surface area contributed by atoms with Crippen molar-refractivity contribution in [2.24, 2.45) is 5.73 Å². The zero-order valence-corrected chi connectivity index (χ0v) is 9.85. The van der Waals surface area contributed by atoms with Gasteiger partial charge in [-0.15, -0.1) is 0 Å². The molecule has 18 heavy (non-hydrogen) atoms. The SMILES string of the molecule is CNCc1c(F)cccc1-n1cc(C(N)=O)cn1. The van der Waals surface area contributed by atoms with E-state index in [1.807, 2.05) is 0 Å². The standard InChI is InChI=1S/C12H13FN4O/c1-15-6-9-10(13)3-2-4-11(9)17-7-8(5-16-17)12(14)18/h2-5,7,15H,6H2,1H3,(H2,14,18). The molecular formula is C12H13FN4O. The number of amides is 1. The zero-order valence-electron chi connectivity index (χ0n) is 9.85. The molecule has 0 radical (unpaired) electrons. The van der Waals surface area contributed by atoms with E-state index in [-0.39, 0.29) is 11.4 Å². The molecule has 0 aliphatic carbocycles. The molecule has 0 saturated carbocycles. The van der Waals surface area contributed by atoms with E-state index in [4.69, 9.17) is 5.73 Å². The first-order valence-electron chi connectivity index (χ1n) is 5.40. The normalized spacial score (nSPS) is 10.6. The van der Waals surface area contributed by atoms with Crippen LogP contribution >= 0.6 is 0 Å². The fraction of sp³-hybridized carbons (Fsp3) is 0.167. The molecule has 0 fully saturated rings. The molecule has 0 bridgehead atoms. The molecule has 0 aliphatic heterocycles. The zero-order chi connectivity index (χ0) is 13.1. The van der Waals surface area contributed by atoms with E-state index < -0.39 is 5.91 Å². The van der Waals surface area contributed by atoms with Crippen LogP contribution in [-0.2, 0) is 6.54 Å². The van der Waals surface area contributed by atoms with Gasteiger partial charge in [0.25, 0.3) is 5.91 Å². The number of carbonyl (C=O) groups excluding carboxylic acids is 1. The summed E-state index contributed by atoms with van der Waals surface area (Å²) in [5, 5.41) is 6.90. The molecule has 3 N–H and O–H groups in total. The van der Waals surface area contributed by atoms with Crippen LogP contribution in [0.3, 0.4) is 0 Å². The van der Waals surface area contributed by atoms with Crippen molar-refractivity contribution in [2.45, 2.75) is 6.54 Å². The van der Waals surface area contributed by atoms with Crippen molar-refractivity contribution >= 4 is 5.91 Å². The average molecular weight is 248 g/mol. The quantitative estimate of drug-likeness (QED) is 0.841. The highest BCUT2D eigenvalue weighted by atomic mass is 19.1. The fourth-order valence-corrected chi connectivity index (χ4v) is 1.70. The van der Waals surface area contributed by atoms with Crippen molar-refractivity contribution < 1.29 is 9.18 Å². The number of aromatic nitrogens is 2. The van der Waals surface area contributed by atoms with E-state index in [9.17, 15) is 9.18 Å². The van der Waals surface area contributed by atoms with E-state index in [0.29, 0.717) is 17.8 Å². The first kappa shape index (κ1) is 12.3. The minimum absolute atomic E-state index is 0.287. The molecule has 2 aromatic rings. The van der Waals surface area contributed by atoms with Gasteiger partial charge < -0.3 is 11.1 Å². The van der Waals surface area contributed by atoms with Crippen molar-refractivity contribution in [1.29, 1.82) is 0 Å². The third kappa shape index (κ3) is 2.23. The molecule has 94 valence electrons. The van der Waals surface area contributed by atoms with Gasteiger partial charge in [-0.2, -0.15) is 5.10 Å². The molecule has 1 heterocycles. The van der Waals surface area contributed by atoms with Crippen LogP contribution in [-0.4, -0.2) is 22.7 Å². The van der Waals surface area contributed by atoms with Crippen molar-refractivity contribution in [3.05, 3.63) is 47.5 Å². The summed E-state index contributed by atoms with van der Waals surface area (Å²) in [7, 11) is 1.73. The number of nitrogens with two attached hydrogens (primary N) is 1. The topological polar surface area (TPSA) is 72.9 Å². The Morgan fingerprint density at radius 2 is 2.33 bits per heavy atom. The summed E-state index contributed by atoms with van der Waals surface area (Å²) < 4.78 is 15.2. The summed E-state index contributed by atoms with van der Waals surface area (Å²) >= 11 is 0. The Balaban J connectivity index is 2.49. The molecule has 0 saturated heterocycles. The lowest BCUT2D eigenvalue weighted by Gasteiger charge is -2.09. The van der Waals surface area contributed by atoms with Gasteiger partial charge in [0.05, 0.1) is 17.4 Å². The highest BCUT2D eigenvalue weighted by Crippen LogP contribution is 2.17.